The fraction of sp³-hybridized carbons (Fsp3) is 0.238. The first-order valence-electron chi connectivity index (χ1n) is 9.85. The number of aliphatic hydroxyl groups excluding tert-OH is 1. The van der Waals surface area contributed by atoms with Crippen molar-refractivity contribution in [2.75, 3.05) is 18.9 Å². The van der Waals surface area contributed by atoms with E-state index in [-0.39, 0.29) is 65.5 Å². The summed E-state index contributed by atoms with van der Waals surface area (Å²) in [5, 5.41) is 23.9. The molecule has 0 fully saturated rings. The Balaban J connectivity index is 1.87. The highest BCUT2D eigenvalue weighted by Gasteiger charge is 2.22. The SMILES string of the molecule is Nc1c(C(=O)NCc2ccc(F)cc2F)c(=O)n(O)c2ncc(CCC(=O)NCCO)cc12. The Morgan fingerprint density at radius 1 is 1.18 bits per heavy atom. The van der Waals surface area contributed by atoms with Gasteiger partial charge in [0.05, 0.1) is 12.3 Å². The van der Waals surface area contributed by atoms with Gasteiger partial charge in [-0.15, -0.1) is 4.73 Å². The molecule has 0 aliphatic carbocycles. The van der Waals surface area contributed by atoms with Crippen LogP contribution in [0.15, 0.2) is 35.3 Å². The van der Waals surface area contributed by atoms with Crippen molar-refractivity contribution in [1.29, 1.82) is 0 Å². The number of aryl methyl sites for hydroxylation is 1. The number of carbonyl (C=O) groups excluding carboxylic acids is 2. The van der Waals surface area contributed by atoms with Crippen LogP contribution >= 0.6 is 0 Å². The van der Waals surface area contributed by atoms with Crippen molar-refractivity contribution in [1.82, 2.24) is 20.3 Å². The van der Waals surface area contributed by atoms with Gasteiger partial charge in [-0.25, -0.2) is 13.8 Å². The zero-order valence-corrected chi connectivity index (χ0v) is 17.3. The predicted octanol–water partition coefficient (Wildman–Crippen LogP) is 0.465. The number of nitrogens with one attached hydrogen (secondary N) is 2. The maximum atomic E-state index is 13.8. The highest BCUT2D eigenvalue weighted by atomic mass is 19.1. The zero-order valence-electron chi connectivity index (χ0n) is 17.3. The van der Waals surface area contributed by atoms with E-state index in [1.54, 1.807) is 0 Å². The van der Waals surface area contributed by atoms with Gasteiger partial charge in [-0.2, -0.15) is 0 Å². The van der Waals surface area contributed by atoms with Crippen LogP contribution in [-0.4, -0.2) is 45.0 Å². The molecule has 0 aliphatic heterocycles. The third kappa shape index (κ3) is 5.23. The molecule has 0 bridgehead atoms. The average Bonchev–Trinajstić information content (AvgIpc) is 2.79. The lowest BCUT2D eigenvalue weighted by atomic mass is 10.1. The van der Waals surface area contributed by atoms with Crippen LogP contribution < -0.4 is 21.9 Å². The highest BCUT2D eigenvalue weighted by Crippen LogP contribution is 2.22. The van der Waals surface area contributed by atoms with E-state index in [0.717, 1.165) is 12.1 Å². The van der Waals surface area contributed by atoms with Crippen LogP contribution in [0, 0.1) is 11.6 Å². The van der Waals surface area contributed by atoms with Gasteiger partial charge in [0, 0.05) is 42.7 Å². The van der Waals surface area contributed by atoms with Crippen molar-refractivity contribution < 1.29 is 28.7 Å². The Morgan fingerprint density at radius 2 is 1.94 bits per heavy atom. The van der Waals surface area contributed by atoms with Crippen molar-refractivity contribution in [3.05, 3.63) is 69.1 Å². The van der Waals surface area contributed by atoms with Gasteiger partial charge in [0.25, 0.3) is 11.5 Å². The number of halogens is 2. The molecule has 2 amide bonds. The van der Waals surface area contributed by atoms with Crippen LogP contribution in [-0.2, 0) is 17.8 Å². The summed E-state index contributed by atoms with van der Waals surface area (Å²) in [6.45, 7) is -0.417. The van der Waals surface area contributed by atoms with Crippen LogP contribution in [0.4, 0.5) is 14.5 Å². The molecule has 0 radical (unpaired) electrons. The molecule has 10 nitrogen and oxygen atoms in total. The molecule has 3 rings (SSSR count). The van der Waals surface area contributed by atoms with E-state index >= 15 is 0 Å². The number of aromatic nitrogens is 2. The summed E-state index contributed by atoms with van der Waals surface area (Å²) in [5.74, 6) is -2.92. The normalized spacial score (nSPS) is 10.9. The molecule has 3 aromatic rings. The number of fused-ring (bicyclic) bond motifs is 1. The molecule has 2 aromatic heterocycles. The number of amides is 2. The third-order valence-corrected chi connectivity index (χ3v) is 4.85. The second-order valence-corrected chi connectivity index (χ2v) is 7.11. The van der Waals surface area contributed by atoms with E-state index in [2.05, 4.69) is 15.6 Å². The minimum Gasteiger partial charge on any atom is -0.423 e. The molecule has 12 heteroatoms. The molecule has 0 atom stereocenters. The van der Waals surface area contributed by atoms with Crippen molar-refractivity contribution in [2.24, 2.45) is 0 Å². The van der Waals surface area contributed by atoms with Gasteiger partial charge in [0.1, 0.15) is 17.2 Å². The summed E-state index contributed by atoms with van der Waals surface area (Å²) in [6, 6.07) is 4.31. The Morgan fingerprint density at radius 3 is 2.64 bits per heavy atom. The monoisotopic (exact) mass is 461 g/mol. The quantitative estimate of drug-likeness (QED) is 0.305. The Labute approximate surface area is 185 Å². The van der Waals surface area contributed by atoms with Crippen molar-refractivity contribution in [3.63, 3.8) is 0 Å². The van der Waals surface area contributed by atoms with Gasteiger partial charge in [0.2, 0.25) is 5.91 Å². The fourth-order valence-corrected chi connectivity index (χ4v) is 3.15. The first-order valence-corrected chi connectivity index (χ1v) is 9.85. The van der Waals surface area contributed by atoms with Crippen LogP contribution in [0.25, 0.3) is 11.0 Å². The maximum absolute atomic E-state index is 13.8. The Kier molecular flexibility index (Phi) is 7.18. The summed E-state index contributed by atoms with van der Waals surface area (Å²) in [5.41, 5.74) is 4.43. The topological polar surface area (TPSA) is 160 Å². The van der Waals surface area contributed by atoms with Crippen molar-refractivity contribution >= 4 is 28.5 Å². The molecular formula is C21H21F2N5O5. The largest absolute Gasteiger partial charge is 0.423 e. The third-order valence-electron chi connectivity index (χ3n) is 4.85. The molecular weight excluding hydrogens is 440 g/mol. The smallest absolute Gasteiger partial charge is 0.299 e. The number of anilines is 1. The van der Waals surface area contributed by atoms with Crippen molar-refractivity contribution in [2.45, 2.75) is 19.4 Å². The maximum Gasteiger partial charge on any atom is 0.299 e. The standard InChI is InChI=1S/C21H21F2N5O5/c22-13-3-2-12(15(23)8-13)10-27-20(31)17-18(24)14-7-11(1-4-16(30)25-5-6-29)9-26-19(14)28(33)21(17)32/h2-3,7-9,29,33H,1,4-6,10,24H2,(H,25,30)(H,27,31). The number of nitrogens with two attached hydrogens (primary N) is 1. The van der Waals surface area contributed by atoms with Gasteiger partial charge in [-0.05, 0) is 24.1 Å². The van der Waals surface area contributed by atoms with Gasteiger partial charge in [-0.1, -0.05) is 6.07 Å². The number of nitrogen functional groups attached to an aromatic ring is 1. The zero-order chi connectivity index (χ0) is 24.1. The number of benzene rings is 1. The highest BCUT2D eigenvalue weighted by molar-refractivity contribution is 6.05. The minimum absolute atomic E-state index is 0.0168. The first-order chi connectivity index (χ1) is 15.7. The number of rotatable bonds is 8. The van der Waals surface area contributed by atoms with E-state index in [4.69, 9.17) is 10.8 Å². The lowest BCUT2D eigenvalue weighted by molar-refractivity contribution is -0.121. The molecule has 6 N–H and O–H groups in total. The molecule has 174 valence electrons. The molecule has 0 unspecified atom stereocenters. The molecule has 0 aliphatic rings. The van der Waals surface area contributed by atoms with Crippen LogP contribution in [0.2, 0.25) is 0 Å². The van der Waals surface area contributed by atoms with Crippen molar-refractivity contribution in [3.8, 4) is 0 Å². The Hall–Kier alpha value is -4.06. The molecule has 2 heterocycles. The summed E-state index contributed by atoms with van der Waals surface area (Å²) in [7, 11) is 0. The summed E-state index contributed by atoms with van der Waals surface area (Å²) < 4.78 is 27.0. The molecule has 1 aromatic carbocycles. The second kappa shape index (κ2) is 10.0. The lowest BCUT2D eigenvalue weighted by Gasteiger charge is -2.12. The number of hydrogen-bond acceptors (Lipinski definition) is 7. The van der Waals surface area contributed by atoms with Gasteiger partial charge < -0.3 is 26.7 Å². The van der Waals surface area contributed by atoms with Gasteiger partial charge >= 0.3 is 0 Å². The number of carbonyl (C=O) groups is 2. The lowest BCUT2D eigenvalue weighted by Crippen LogP contribution is -2.34. The van der Waals surface area contributed by atoms with E-state index < -0.39 is 28.7 Å². The van der Waals surface area contributed by atoms with E-state index in [0.29, 0.717) is 11.6 Å². The molecule has 0 spiro atoms. The molecule has 0 saturated carbocycles. The van der Waals surface area contributed by atoms with Crippen LogP contribution in [0.1, 0.15) is 27.9 Å². The van der Waals surface area contributed by atoms with Crippen LogP contribution in [0.5, 0.6) is 0 Å². The van der Waals surface area contributed by atoms with E-state index in [9.17, 15) is 28.4 Å². The fourth-order valence-electron chi connectivity index (χ4n) is 3.15. The molecule has 33 heavy (non-hydrogen) atoms. The van der Waals surface area contributed by atoms with Gasteiger partial charge in [-0.3, -0.25) is 14.4 Å². The van der Waals surface area contributed by atoms with Crippen LogP contribution in [0.3, 0.4) is 0 Å². The number of nitrogens with zero attached hydrogens (tertiary/aromatic N) is 2. The minimum atomic E-state index is -1.12. The van der Waals surface area contributed by atoms with E-state index in [1.165, 1.54) is 12.3 Å². The number of pyridine rings is 2. The number of hydrogen-bond donors (Lipinski definition) is 5. The summed E-state index contributed by atoms with van der Waals surface area (Å²) in [4.78, 5) is 40.9. The van der Waals surface area contributed by atoms with Gasteiger partial charge in [0.15, 0.2) is 5.65 Å². The average molecular weight is 461 g/mol. The number of aliphatic hydroxyl groups is 1. The Bertz CT molecular complexity index is 1280. The summed E-state index contributed by atoms with van der Waals surface area (Å²) >= 11 is 0. The predicted molar refractivity (Wildman–Crippen MR) is 114 cm³/mol. The molecule has 0 saturated heterocycles. The first kappa shape index (κ1) is 23.6. The second-order valence-electron chi connectivity index (χ2n) is 7.11. The van der Waals surface area contributed by atoms with E-state index in [1.807, 2.05) is 0 Å². The summed E-state index contributed by atoms with van der Waals surface area (Å²) in [6.07, 6.45) is 1.68.